The fourth-order valence-corrected chi connectivity index (χ4v) is 3.14. The number of nitriles is 1. The van der Waals surface area contributed by atoms with Gasteiger partial charge >= 0.3 is 6.18 Å². The lowest BCUT2D eigenvalue weighted by Crippen LogP contribution is -3.00. The average Bonchev–Trinajstić information content (AvgIpc) is 2.71. The summed E-state index contributed by atoms with van der Waals surface area (Å²) < 4.78 is 39.0. The smallest absolute Gasteiger partial charge is 0.417 e. The molecule has 0 spiro atoms. The molecule has 0 heterocycles. The van der Waals surface area contributed by atoms with E-state index in [1.165, 1.54) is 12.3 Å². The average molecular weight is 486 g/mol. The Morgan fingerprint density at radius 2 is 1.84 bits per heavy atom. The van der Waals surface area contributed by atoms with Crippen molar-refractivity contribution in [3.8, 4) is 6.07 Å². The van der Waals surface area contributed by atoms with E-state index < -0.39 is 22.7 Å². The number of hydrogen-bond donors (Lipinski definition) is 2. The maximum atomic E-state index is 13.0. The Kier molecular flexibility index (Phi) is 9.88. The highest BCUT2D eigenvalue weighted by molar-refractivity contribution is 6.31. The molecule has 0 aromatic heterocycles. The van der Waals surface area contributed by atoms with E-state index in [0.29, 0.717) is 5.69 Å². The van der Waals surface area contributed by atoms with Gasteiger partial charge in [0.1, 0.15) is 11.6 Å². The predicted molar refractivity (Wildman–Crippen MR) is 117 cm³/mol. The highest BCUT2D eigenvalue weighted by atomic mass is 35.5. The van der Waals surface area contributed by atoms with Crippen molar-refractivity contribution in [3.05, 3.63) is 64.3 Å². The Labute approximate surface area is 196 Å². The minimum absolute atomic E-state index is 0. The molecule has 1 amide bonds. The molecule has 32 heavy (non-hydrogen) atoms. The van der Waals surface area contributed by atoms with Gasteiger partial charge in [-0.15, -0.1) is 0 Å². The fourth-order valence-electron chi connectivity index (χ4n) is 2.91. The molecule has 5 nitrogen and oxygen atoms in total. The largest absolute Gasteiger partial charge is 1.00 e. The third-order valence-corrected chi connectivity index (χ3v) is 4.93. The van der Waals surface area contributed by atoms with Crippen molar-refractivity contribution in [2.75, 3.05) is 28.6 Å². The summed E-state index contributed by atoms with van der Waals surface area (Å²) in [6, 6.07) is 10.5. The fraction of sp³-hybridized carbons (Fsp3) is 0.273. The second-order valence-electron chi connectivity index (χ2n) is 6.63. The number of alkyl halides is 3. The molecule has 10 heteroatoms. The van der Waals surface area contributed by atoms with Crippen LogP contribution in [0.4, 0.5) is 30.2 Å². The highest BCUT2D eigenvalue weighted by Gasteiger charge is 2.33. The maximum Gasteiger partial charge on any atom is 0.417 e. The Hall–Kier alpha value is -2.89. The molecular formula is C22H22Cl2F3N4O-. The molecule has 0 saturated heterocycles. The summed E-state index contributed by atoms with van der Waals surface area (Å²) >= 11 is 5.58. The Balaban J connectivity index is 0.00000512. The summed E-state index contributed by atoms with van der Waals surface area (Å²) in [5, 5.41) is 14.0. The predicted octanol–water partition coefficient (Wildman–Crippen LogP) is 2.98. The number of benzene rings is 2. The number of halogens is 5. The van der Waals surface area contributed by atoms with Gasteiger partial charge in [0.15, 0.2) is 0 Å². The van der Waals surface area contributed by atoms with Gasteiger partial charge in [-0.05, 0) is 62.7 Å². The third-order valence-electron chi connectivity index (χ3n) is 4.61. The zero-order valence-corrected chi connectivity index (χ0v) is 19.2. The number of amides is 1. The van der Waals surface area contributed by atoms with Gasteiger partial charge in [0.25, 0.3) is 5.91 Å². The number of nitrogens with zero attached hydrogens (tertiary/aromatic N) is 2. The van der Waals surface area contributed by atoms with Crippen molar-refractivity contribution in [3.63, 3.8) is 0 Å². The van der Waals surface area contributed by atoms with Gasteiger partial charge in [0, 0.05) is 36.4 Å². The topological polar surface area (TPSA) is 68.2 Å². The Bertz CT molecular complexity index is 1030. The van der Waals surface area contributed by atoms with Gasteiger partial charge in [-0.2, -0.15) is 18.4 Å². The first-order valence-electron chi connectivity index (χ1n) is 9.51. The summed E-state index contributed by atoms with van der Waals surface area (Å²) in [6.07, 6.45) is -3.45. The quantitative estimate of drug-likeness (QED) is 0.467. The number of rotatable bonds is 7. The molecule has 0 fully saturated rings. The summed E-state index contributed by atoms with van der Waals surface area (Å²) in [5.74, 6) is -0.845. The van der Waals surface area contributed by atoms with Crippen molar-refractivity contribution in [2.24, 2.45) is 0 Å². The number of hydrogen-bond acceptors (Lipinski definition) is 4. The molecule has 0 atom stereocenters. The van der Waals surface area contributed by atoms with E-state index in [1.54, 1.807) is 6.07 Å². The molecule has 2 aromatic carbocycles. The van der Waals surface area contributed by atoms with E-state index >= 15 is 0 Å². The molecule has 0 radical (unpaired) electrons. The van der Waals surface area contributed by atoms with E-state index in [-0.39, 0.29) is 23.7 Å². The lowest BCUT2D eigenvalue weighted by Gasteiger charge is -2.22. The van der Waals surface area contributed by atoms with Crippen molar-refractivity contribution < 1.29 is 30.4 Å². The van der Waals surface area contributed by atoms with Crippen LogP contribution in [-0.2, 0) is 11.0 Å². The summed E-state index contributed by atoms with van der Waals surface area (Å²) in [5.41, 5.74) is 1.17. The van der Waals surface area contributed by atoms with Gasteiger partial charge in [-0.3, -0.25) is 4.79 Å². The Morgan fingerprint density at radius 1 is 1.19 bits per heavy atom. The second kappa shape index (κ2) is 11.7. The zero-order valence-electron chi connectivity index (χ0n) is 17.6. The van der Waals surface area contributed by atoms with E-state index in [0.717, 1.165) is 36.5 Å². The number of aryl methyl sites for hydroxylation is 1. The van der Waals surface area contributed by atoms with Crippen LogP contribution in [0, 0.1) is 18.3 Å². The molecule has 0 saturated carbocycles. The number of carbonyl (C=O) groups excluding carboxylic acids is 1. The van der Waals surface area contributed by atoms with E-state index in [1.807, 2.05) is 25.1 Å². The first-order valence-corrected chi connectivity index (χ1v) is 9.89. The van der Waals surface area contributed by atoms with Crippen LogP contribution in [-0.4, -0.2) is 19.0 Å². The number of anilines is 3. The van der Waals surface area contributed by atoms with Crippen LogP contribution in [0.3, 0.4) is 0 Å². The first-order chi connectivity index (χ1) is 14.6. The van der Waals surface area contributed by atoms with Gasteiger partial charge in [-0.25, -0.2) is 0 Å². The summed E-state index contributed by atoms with van der Waals surface area (Å²) in [4.78, 5) is 14.5. The van der Waals surface area contributed by atoms with Crippen molar-refractivity contribution in [1.82, 2.24) is 0 Å². The highest BCUT2D eigenvalue weighted by Crippen LogP contribution is 2.36. The minimum Gasteiger partial charge on any atom is -1.00 e. The Morgan fingerprint density at radius 3 is 2.38 bits per heavy atom. The van der Waals surface area contributed by atoms with Crippen molar-refractivity contribution >= 4 is 34.6 Å². The van der Waals surface area contributed by atoms with Crippen molar-refractivity contribution in [2.45, 2.75) is 26.9 Å². The van der Waals surface area contributed by atoms with Crippen LogP contribution >= 0.6 is 11.6 Å². The zero-order chi connectivity index (χ0) is 23.2. The van der Waals surface area contributed by atoms with Crippen LogP contribution in [0.15, 0.2) is 48.2 Å². The second-order valence-corrected chi connectivity index (χ2v) is 7.04. The molecule has 172 valence electrons. The van der Waals surface area contributed by atoms with E-state index in [2.05, 4.69) is 29.4 Å². The van der Waals surface area contributed by atoms with Gasteiger partial charge in [0.05, 0.1) is 10.6 Å². The van der Waals surface area contributed by atoms with Crippen LogP contribution in [0.2, 0.25) is 5.02 Å². The van der Waals surface area contributed by atoms with E-state index in [9.17, 15) is 23.2 Å². The maximum absolute atomic E-state index is 13.0. The molecular weight excluding hydrogens is 464 g/mol. The van der Waals surface area contributed by atoms with Crippen LogP contribution in [0.25, 0.3) is 0 Å². The molecule has 0 unspecified atom stereocenters. The summed E-state index contributed by atoms with van der Waals surface area (Å²) in [6.45, 7) is 7.74. The van der Waals surface area contributed by atoms with Crippen LogP contribution in [0.5, 0.6) is 0 Å². The first kappa shape index (κ1) is 27.1. The molecule has 0 aliphatic heterocycles. The molecule has 0 aliphatic carbocycles. The minimum atomic E-state index is -4.66. The van der Waals surface area contributed by atoms with Gasteiger partial charge in [0.2, 0.25) is 0 Å². The SMILES string of the molecule is CCN(CC)c1ccc(N/C=C(/C#N)C(=O)Nc2ccc(Cl)c(C(F)(F)F)c2)c(C)c1.[Cl-]. The summed E-state index contributed by atoms with van der Waals surface area (Å²) in [7, 11) is 0. The third kappa shape index (κ3) is 6.81. The molecule has 0 aliphatic rings. The molecule has 0 bridgehead atoms. The van der Waals surface area contributed by atoms with Gasteiger partial charge < -0.3 is 27.9 Å². The normalized spacial score (nSPS) is 11.2. The number of carbonyl (C=O) groups is 1. The monoisotopic (exact) mass is 485 g/mol. The van der Waals surface area contributed by atoms with Crippen LogP contribution in [0.1, 0.15) is 25.0 Å². The lowest BCUT2D eigenvalue weighted by atomic mass is 10.1. The van der Waals surface area contributed by atoms with Crippen LogP contribution < -0.4 is 27.9 Å². The molecule has 2 N–H and O–H groups in total. The molecule has 2 aromatic rings. The van der Waals surface area contributed by atoms with E-state index in [4.69, 9.17) is 11.6 Å². The molecule has 2 rings (SSSR count). The van der Waals surface area contributed by atoms with Gasteiger partial charge in [-0.1, -0.05) is 11.6 Å². The standard InChI is InChI=1S/C22H22ClF3N4O.ClH/c1-4-30(5-2)17-7-9-20(14(3)10-17)28-13-15(12-27)21(31)29-16-6-8-19(23)18(11-16)22(24,25)26;/h6-11,13,28H,4-5H2,1-3H3,(H,29,31);1H/p-1/b15-13-;. The van der Waals surface area contributed by atoms with Crippen molar-refractivity contribution in [1.29, 1.82) is 5.26 Å². The number of nitrogens with one attached hydrogen (secondary N) is 2. The lowest BCUT2D eigenvalue weighted by molar-refractivity contribution is -0.137.